The Labute approximate surface area is 235 Å². The third-order valence-electron chi connectivity index (χ3n) is 7.11. The van der Waals surface area contributed by atoms with E-state index in [1.165, 1.54) is 7.11 Å². The molecule has 0 radical (unpaired) electrons. The van der Waals surface area contributed by atoms with Crippen LogP contribution in [0.15, 0.2) is 30.3 Å². The molecule has 4 rings (SSSR count). The van der Waals surface area contributed by atoms with Gasteiger partial charge in [-0.3, -0.25) is 9.59 Å². The number of hydrogen-bond donors (Lipinski definition) is 0. The summed E-state index contributed by atoms with van der Waals surface area (Å²) in [6.45, 7) is 5.68. The second-order valence-electron chi connectivity index (χ2n) is 10.5. The molecule has 40 heavy (non-hydrogen) atoms. The van der Waals surface area contributed by atoms with Crippen LogP contribution in [0.25, 0.3) is 6.08 Å². The lowest BCUT2D eigenvalue weighted by Crippen LogP contribution is -2.24. The summed E-state index contributed by atoms with van der Waals surface area (Å²) in [5, 5.41) is 0. The van der Waals surface area contributed by atoms with Crippen molar-refractivity contribution >= 4 is 23.8 Å². The molecule has 8 nitrogen and oxygen atoms in total. The van der Waals surface area contributed by atoms with Crippen LogP contribution in [0.5, 0.6) is 23.0 Å². The number of carbonyl (C=O) groups excluding carboxylic acids is 3. The van der Waals surface area contributed by atoms with Gasteiger partial charge < -0.3 is 23.7 Å². The summed E-state index contributed by atoms with van der Waals surface area (Å²) in [6.07, 6.45) is 6.95. The van der Waals surface area contributed by atoms with Gasteiger partial charge in [0.1, 0.15) is 22.8 Å². The molecule has 214 valence electrons. The number of Topliss-reactive ketones (excluding diaryl/α,β-unsaturated/α-hetero) is 1. The Morgan fingerprint density at radius 1 is 0.975 bits per heavy atom. The zero-order valence-corrected chi connectivity index (χ0v) is 23.9. The number of hydrogen-bond acceptors (Lipinski definition) is 8. The van der Waals surface area contributed by atoms with E-state index in [2.05, 4.69) is 0 Å². The van der Waals surface area contributed by atoms with Gasteiger partial charge >= 0.3 is 11.9 Å². The van der Waals surface area contributed by atoms with Gasteiger partial charge in [-0.15, -0.1) is 0 Å². The van der Waals surface area contributed by atoms with Gasteiger partial charge in [-0.25, -0.2) is 4.79 Å². The molecule has 2 aromatic rings. The number of allylic oxidation sites excluding steroid dienone is 1. The molecule has 2 aromatic carbocycles. The lowest BCUT2D eigenvalue weighted by molar-refractivity contribution is -0.135. The molecule has 0 saturated carbocycles. The molecule has 2 heterocycles. The number of ketones is 1. The fourth-order valence-corrected chi connectivity index (χ4v) is 5.25. The molecule has 2 atom stereocenters. The van der Waals surface area contributed by atoms with Crippen LogP contribution in [0.1, 0.15) is 98.7 Å². The molecule has 0 bridgehead atoms. The number of methoxy groups -OCH3 is 2. The molecule has 0 fully saturated rings. The van der Waals surface area contributed by atoms with Crippen LogP contribution in [0.4, 0.5) is 0 Å². The predicted octanol–water partition coefficient (Wildman–Crippen LogP) is 6.41. The summed E-state index contributed by atoms with van der Waals surface area (Å²) in [5.41, 5.74) is 2.22. The van der Waals surface area contributed by atoms with E-state index in [1.807, 2.05) is 45.0 Å². The minimum Gasteiger partial charge on any atom is -0.495 e. The Balaban J connectivity index is 1.86. The first-order chi connectivity index (χ1) is 19.2. The van der Waals surface area contributed by atoms with Gasteiger partial charge in [0, 0.05) is 24.3 Å². The van der Waals surface area contributed by atoms with Crippen molar-refractivity contribution in [2.24, 2.45) is 0 Å². The highest BCUT2D eigenvalue weighted by atomic mass is 16.6. The standard InChI is InChI=1S/C32H38O8/c1-19(2)38-26-16-21(14-15-25(26)36-4)24-18-28(34)40-27-17-22-11-7-6-8-12-23(33)13-9-10-20(3)39-32(35)29(22)31(37-5)30(24)27/h7,11,14-17,19-20,24H,6,8-10,12-13,18H2,1-5H3/t20-,24+/m1/s1. The van der Waals surface area contributed by atoms with E-state index in [9.17, 15) is 14.4 Å². The highest BCUT2D eigenvalue weighted by molar-refractivity contribution is 5.99. The first-order valence-corrected chi connectivity index (χ1v) is 13.9. The fraction of sp³-hybridized carbons (Fsp3) is 0.469. The van der Waals surface area contributed by atoms with Crippen molar-refractivity contribution in [2.75, 3.05) is 14.2 Å². The molecular formula is C32H38O8. The van der Waals surface area contributed by atoms with Crippen LogP contribution >= 0.6 is 0 Å². The fourth-order valence-electron chi connectivity index (χ4n) is 5.25. The summed E-state index contributed by atoms with van der Waals surface area (Å²) in [4.78, 5) is 38.6. The molecule has 0 spiro atoms. The summed E-state index contributed by atoms with van der Waals surface area (Å²) >= 11 is 0. The minimum absolute atomic E-state index is 0.0604. The van der Waals surface area contributed by atoms with Crippen LogP contribution in [0.3, 0.4) is 0 Å². The number of benzene rings is 2. The first kappa shape index (κ1) is 29.2. The van der Waals surface area contributed by atoms with Crippen LogP contribution in [-0.2, 0) is 14.3 Å². The third kappa shape index (κ3) is 6.66. The normalized spacial score (nSPS) is 20.1. The minimum atomic E-state index is -0.524. The predicted molar refractivity (Wildman–Crippen MR) is 150 cm³/mol. The first-order valence-electron chi connectivity index (χ1n) is 13.9. The second kappa shape index (κ2) is 13.0. The summed E-state index contributed by atoms with van der Waals surface area (Å²) in [5.74, 6) is 0.644. The maximum absolute atomic E-state index is 13.6. The third-order valence-corrected chi connectivity index (χ3v) is 7.11. The van der Waals surface area contributed by atoms with Crippen LogP contribution in [-0.4, -0.2) is 44.1 Å². The zero-order chi connectivity index (χ0) is 28.8. The number of carbonyl (C=O) groups is 3. The van der Waals surface area contributed by atoms with E-state index in [0.717, 1.165) is 12.0 Å². The van der Waals surface area contributed by atoms with Crippen LogP contribution in [0.2, 0.25) is 0 Å². The van der Waals surface area contributed by atoms with Crippen molar-refractivity contribution in [1.29, 1.82) is 0 Å². The van der Waals surface area contributed by atoms with Crippen LogP contribution in [0, 0.1) is 0 Å². The monoisotopic (exact) mass is 550 g/mol. The number of fused-ring (bicyclic) bond motifs is 2. The Morgan fingerprint density at radius 3 is 2.48 bits per heavy atom. The van der Waals surface area contributed by atoms with Gasteiger partial charge in [0.2, 0.25) is 0 Å². The van der Waals surface area contributed by atoms with Gasteiger partial charge in [0.05, 0.1) is 32.8 Å². The number of ether oxygens (including phenoxy) is 5. The van der Waals surface area contributed by atoms with Crippen molar-refractivity contribution in [3.63, 3.8) is 0 Å². The largest absolute Gasteiger partial charge is 0.495 e. The smallest absolute Gasteiger partial charge is 0.342 e. The molecular weight excluding hydrogens is 512 g/mol. The number of rotatable bonds is 5. The van der Waals surface area contributed by atoms with Gasteiger partial charge in [-0.2, -0.15) is 0 Å². The molecule has 0 amide bonds. The molecule has 0 aliphatic carbocycles. The Kier molecular flexibility index (Phi) is 9.50. The average molecular weight is 551 g/mol. The van der Waals surface area contributed by atoms with Crippen molar-refractivity contribution in [1.82, 2.24) is 0 Å². The molecule has 8 heteroatoms. The highest BCUT2D eigenvalue weighted by Crippen LogP contribution is 2.48. The maximum atomic E-state index is 13.6. The average Bonchev–Trinajstić information content (AvgIpc) is 2.90. The van der Waals surface area contributed by atoms with Gasteiger partial charge in [0.25, 0.3) is 0 Å². The van der Waals surface area contributed by atoms with Gasteiger partial charge in [-0.05, 0) is 75.8 Å². The summed E-state index contributed by atoms with van der Waals surface area (Å²) < 4.78 is 28.9. The van der Waals surface area contributed by atoms with Crippen molar-refractivity contribution in [3.05, 3.63) is 52.6 Å². The molecule has 0 aromatic heterocycles. The topological polar surface area (TPSA) is 97.4 Å². The Hall–Kier alpha value is -3.81. The van der Waals surface area contributed by atoms with E-state index in [0.29, 0.717) is 66.2 Å². The van der Waals surface area contributed by atoms with Crippen molar-refractivity contribution in [3.8, 4) is 23.0 Å². The molecule has 0 unspecified atom stereocenters. The summed E-state index contributed by atoms with van der Waals surface area (Å²) in [7, 11) is 3.08. The quantitative estimate of drug-likeness (QED) is 0.311. The lowest BCUT2D eigenvalue weighted by Gasteiger charge is -2.29. The molecule has 2 aliphatic rings. The second-order valence-corrected chi connectivity index (χ2v) is 10.5. The summed E-state index contributed by atoms with van der Waals surface area (Å²) in [6, 6.07) is 7.25. The van der Waals surface area contributed by atoms with Crippen molar-refractivity contribution in [2.45, 2.75) is 83.8 Å². The van der Waals surface area contributed by atoms with Crippen LogP contribution < -0.4 is 18.9 Å². The molecule has 0 saturated heterocycles. The molecule has 0 N–H and O–H groups in total. The maximum Gasteiger partial charge on any atom is 0.342 e. The van der Waals surface area contributed by atoms with Gasteiger partial charge in [0.15, 0.2) is 11.5 Å². The van der Waals surface area contributed by atoms with E-state index in [-0.39, 0.29) is 35.9 Å². The highest BCUT2D eigenvalue weighted by Gasteiger charge is 2.36. The Morgan fingerprint density at radius 2 is 1.75 bits per heavy atom. The van der Waals surface area contributed by atoms with E-state index >= 15 is 0 Å². The van der Waals surface area contributed by atoms with E-state index in [4.69, 9.17) is 23.7 Å². The van der Waals surface area contributed by atoms with Gasteiger partial charge in [-0.1, -0.05) is 18.2 Å². The SMILES string of the molecule is COc1ccc([C@@H]2CC(=O)Oc3cc4c(c(OC)c32)C(=O)O[C@H](C)CCCC(=O)CCCC=C4)cc1OC(C)C. The number of cyclic esters (lactones) is 1. The van der Waals surface area contributed by atoms with Crippen molar-refractivity contribution < 1.29 is 38.1 Å². The Bertz CT molecular complexity index is 1290. The molecule has 2 aliphatic heterocycles. The van der Waals surface area contributed by atoms with E-state index < -0.39 is 11.9 Å². The lowest BCUT2D eigenvalue weighted by atomic mass is 9.83. The zero-order valence-electron chi connectivity index (χ0n) is 23.9. The van der Waals surface area contributed by atoms with E-state index in [1.54, 1.807) is 19.3 Å². The number of esters is 2.